The van der Waals surface area contributed by atoms with Gasteiger partial charge in [-0.2, -0.15) is 0 Å². The first kappa shape index (κ1) is 13.9. The maximum absolute atomic E-state index is 9.91. The van der Waals surface area contributed by atoms with Crippen molar-refractivity contribution < 1.29 is 9.84 Å². The van der Waals surface area contributed by atoms with Crippen molar-refractivity contribution in [2.75, 3.05) is 13.2 Å². The van der Waals surface area contributed by atoms with Crippen LogP contribution in [0.3, 0.4) is 0 Å². The van der Waals surface area contributed by atoms with Gasteiger partial charge in [0.15, 0.2) is 0 Å². The van der Waals surface area contributed by atoms with Crippen molar-refractivity contribution in [3.05, 3.63) is 29.3 Å². The Morgan fingerprint density at radius 1 is 1.25 bits per heavy atom. The number of aliphatic hydroxyl groups is 1. The second-order valence-corrected chi connectivity index (χ2v) is 6.56. The first-order chi connectivity index (χ1) is 9.63. The van der Waals surface area contributed by atoms with Crippen molar-refractivity contribution in [3.8, 4) is 5.75 Å². The van der Waals surface area contributed by atoms with E-state index < -0.39 is 0 Å². The Morgan fingerprint density at radius 3 is 2.55 bits per heavy atom. The molecule has 0 heterocycles. The van der Waals surface area contributed by atoms with Crippen LogP contribution in [-0.4, -0.2) is 29.9 Å². The summed E-state index contributed by atoms with van der Waals surface area (Å²) in [7, 11) is 0. The molecule has 3 heteroatoms. The van der Waals surface area contributed by atoms with Crippen molar-refractivity contribution >= 4 is 0 Å². The van der Waals surface area contributed by atoms with Crippen molar-refractivity contribution in [1.29, 1.82) is 0 Å². The molecule has 20 heavy (non-hydrogen) atoms. The third-order valence-electron chi connectivity index (χ3n) is 4.53. The van der Waals surface area contributed by atoms with Crippen LogP contribution in [0.5, 0.6) is 5.75 Å². The fraction of sp³-hybridized carbons (Fsp3) is 0.647. The van der Waals surface area contributed by atoms with E-state index >= 15 is 0 Å². The highest BCUT2D eigenvalue weighted by Gasteiger charge is 2.48. The first-order valence-electron chi connectivity index (χ1n) is 7.71. The quantitative estimate of drug-likeness (QED) is 0.803. The van der Waals surface area contributed by atoms with Crippen LogP contribution in [0.25, 0.3) is 0 Å². The van der Waals surface area contributed by atoms with Crippen molar-refractivity contribution in [1.82, 2.24) is 5.32 Å². The summed E-state index contributed by atoms with van der Waals surface area (Å²) in [5.74, 6) is 1.51. The van der Waals surface area contributed by atoms with Gasteiger partial charge in [0, 0.05) is 6.04 Å². The number of aryl methyl sites for hydroxylation is 2. The van der Waals surface area contributed by atoms with Crippen LogP contribution in [0, 0.1) is 19.8 Å². The van der Waals surface area contributed by atoms with E-state index in [1.807, 2.05) is 6.07 Å². The zero-order valence-electron chi connectivity index (χ0n) is 12.5. The van der Waals surface area contributed by atoms with Gasteiger partial charge >= 0.3 is 0 Å². The fourth-order valence-electron chi connectivity index (χ4n) is 2.94. The lowest BCUT2D eigenvalue weighted by atomic mass is 9.95. The van der Waals surface area contributed by atoms with Crippen LogP contribution in [0.1, 0.15) is 36.8 Å². The molecule has 3 nitrogen and oxygen atoms in total. The number of ether oxygens (including phenoxy) is 1. The molecule has 1 aromatic carbocycles. The van der Waals surface area contributed by atoms with Gasteiger partial charge in [0.05, 0.1) is 12.1 Å². The number of benzene rings is 1. The summed E-state index contributed by atoms with van der Waals surface area (Å²) in [6.07, 6.45) is 4.88. The molecule has 3 rings (SSSR count). The predicted molar refractivity (Wildman–Crippen MR) is 80.1 cm³/mol. The van der Waals surface area contributed by atoms with Crippen LogP contribution in [0.2, 0.25) is 0 Å². The zero-order chi connectivity index (χ0) is 14.2. The van der Waals surface area contributed by atoms with E-state index in [4.69, 9.17) is 4.74 Å². The lowest BCUT2D eigenvalue weighted by Crippen LogP contribution is -2.56. The third kappa shape index (κ3) is 2.99. The average molecular weight is 275 g/mol. The van der Waals surface area contributed by atoms with E-state index in [-0.39, 0.29) is 12.1 Å². The van der Waals surface area contributed by atoms with Crippen molar-refractivity contribution in [2.45, 2.75) is 51.1 Å². The minimum absolute atomic E-state index is 0.166. The summed E-state index contributed by atoms with van der Waals surface area (Å²) in [6, 6.07) is 6.84. The molecule has 2 N–H and O–H groups in total. The molecule has 2 aliphatic carbocycles. The summed E-state index contributed by atoms with van der Waals surface area (Å²) in [6.45, 7) is 4.90. The molecule has 0 aromatic heterocycles. The number of rotatable bonds is 7. The van der Waals surface area contributed by atoms with Crippen LogP contribution < -0.4 is 10.1 Å². The molecule has 2 fully saturated rings. The molecular formula is C17H25NO2. The Balaban J connectivity index is 1.69. The topological polar surface area (TPSA) is 41.5 Å². The highest BCUT2D eigenvalue weighted by atomic mass is 16.5. The maximum Gasteiger partial charge on any atom is 0.122 e. The fourth-order valence-corrected chi connectivity index (χ4v) is 2.94. The molecular weight excluding hydrogens is 250 g/mol. The smallest absolute Gasteiger partial charge is 0.122 e. The van der Waals surface area contributed by atoms with E-state index in [1.165, 1.54) is 36.8 Å². The molecule has 2 saturated carbocycles. The Labute approximate surface area is 121 Å². The van der Waals surface area contributed by atoms with Crippen LogP contribution in [0.15, 0.2) is 18.2 Å². The highest BCUT2D eigenvalue weighted by Crippen LogP contribution is 2.41. The summed E-state index contributed by atoms with van der Waals surface area (Å²) < 4.78 is 6.06. The minimum atomic E-state index is -0.238. The molecule has 0 radical (unpaired) electrons. The predicted octanol–water partition coefficient (Wildman–Crippen LogP) is 2.58. The maximum atomic E-state index is 9.91. The number of nitrogens with one attached hydrogen (secondary N) is 1. The number of hydrogen-bond donors (Lipinski definition) is 2. The van der Waals surface area contributed by atoms with Gasteiger partial charge in [0.1, 0.15) is 12.4 Å². The largest absolute Gasteiger partial charge is 0.491 e. The van der Waals surface area contributed by atoms with Gasteiger partial charge in [0.2, 0.25) is 0 Å². The van der Waals surface area contributed by atoms with E-state index in [9.17, 15) is 5.11 Å². The third-order valence-corrected chi connectivity index (χ3v) is 4.53. The van der Waals surface area contributed by atoms with E-state index in [0.29, 0.717) is 18.6 Å². The van der Waals surface area contributed by atoms with E-state index in [0.717, 1.165) is 5.75 Å². The van der Waals surface area contributed by atoms with Gasteiger partial charge in [-0.15, -0.1) is 0 Å². The molecule has 0 amide bonds. The average Bonchev–Trinajstić information content (AvgIpc) is 3.28. The highest BCUT2D eigenvalue weighted by molar-refractivity contribution is 5.35. The molecule has 1 unspecified atom stereocenters. The van der Waals surface area contributed by atoms with Crippen LogP contribution >= 0.6 is 0 Å². The normalized spacial score (nSPS) is 21.6. The summed E-state index contributed by atoms with van der Waals surface area (Å²) in [4.78, 5) is 0. The van der Waals surface area contributed by atoms with Crippen molar-refractivity contribution in [2.24, 2.45) is 5.92 Å². The van der Waals surface area contributed by atoms with Crippen molar-refractivity contribution in [3.63, 3.8) is 0 Å². The van der Waals surface area contributed by atoms with Gasteiger partial charge in [-0.05, 0) is 57.1 Å². The van der Waals surface area contributed by atoms with E-state index in [1.54, 1.807) is 0 Å². The van der Waals surface area contributed by atoms with Gasteiger partial charge in [-0.25, -0.2) is 0 Å². The Hall–Kier alpha value is -1.06. The van der Waals surface area contributed by atoms with Gasteiger partial charge in [-0.3, -0.25) is 0 Å². The first-order valence-corrected chi connectivity index (χ1v) is 7.71. The van der Waals surface area contributed by atoms with Gasteiger partial charge < -0.3 is 15.2 Å². The summed E-state index contributed by atoms with van der Waals surface area (Å²) in [5.41, 5.74) is 2.18. The van der Waals surface area contributed by atoms with Gasteiger partial charge in [0.25, 0.3) is 0 Å². The lowest BCUT2D eigenvalue weighted by Gasteiger charge is -2.33. The Kier molecular flexibility index (Phi) is 3.74. The number of aliphatic hydroxyl groups excluding tert-OH is 1. The Morgan fingerprint density at radius 2 is 2.00 bits per heavy atom. The van der Waals surface area contributed by atoms with Crippen LogP contribution in [0.4, 0.5) is 0 Å². The van der Waals surface area contributed by atoms with E-state index in [2.05, 4.69) is 31.3 Å². The molecule has 0 aliphatic heterocycles. The molecule has 1 atom stereocenters. The minimum Gasteiger partial charge on any atom is -0.491 e. The number of hydrogen-bond acceptors (Lipinski definition) is 3. The molecule has 2 aliphatic rings. The lowest BCUT2D eigenvalue weighted by molar-refractivity contribution is 0.0828. The van der Waals surface area contributed by atoms with Crippen LogP contribution in [-0.2, 0) is 0 Å². The SMILES string of the molecule is Cc1ccc(OCC(CO)(NC2CC2)C2CC2)c(C)c1. The standard InChI is InChI=1S/C17H25NO2/c1-12-3-8-16(13(2)9-12)20-11-17(10-19,14-4-5-14)18-15-6-7-15/h3,8-9,14-15,18-19H,4-7,10-11H2,1-2H3. The van der Waals surface area contributed by atoms with Gasteiger partial charge in [-0.1, -0.05) is 17.7 Å². The molecule has 0 spiro atoms. The summed E-state index contributed by atoms with van der Waals surface area (Å²) >= 11 is 0. The molecule has 1 aromatic rings. The monoisotopic (exact) mass is 275 g/mol. The molecule has 0 saturated heterocycles. The Bertz CT molecular complexity index is 480. The summed E-state index contributed by atoms with van der Waals surface area (Å²) in [5, 5.41) is 13.6. The second-order valence-electron chi connectivity index (χ2n) is 6.56. The molecule has 110 valence electrons. The zero-order valence-corrected chi connectivity index (χ0v) is 12.5. The molecule has 0 bridgehead atoms. The second kappa shape index (κ2) is 5.38.